The van der Waals surface area contributed by atoms with Gasteiger partial charge in [0.1, 0.15) is 11.6 Å². The predicted molar refractivity (Wildman–Crippen MR) is 155 cm³/mol. The van der Waals surface area contributed by atoms with Crippen LogP contribution in [0.15, 0.2) is 66.7 Å². The first-order chi connectivity index (χ1) is 19.0. The van der Waals surface area contributed by atoms with Crippen LogP contribution in [0.25, 0.3) is 11.0 Å². The van der Waals surface area contributed by atoms with Crippen LogP contribution >= 0.6 is 0 Å². The summed E-state index contributed by atoms with van der Waals surface area (Å²) in [5.41, 5.74) is 4.21. The SMILES string of the molecule is COc1ccc(CC(=O)NCCc2nc3ccccc3n2CCCCOc2ccccc2C(C)C)cc1OC. The fraction of sp³-hybridized carbons (Fsp3) is 0.375. The Morgan fingerprint density at radius 3 is 2.49 bits per heavy atom. The maximum absolute atomic E-state index is 12.6. The van der Waals surface area contributed by atoms with E-state index < -0.39 is 0 Å². The lowest BCUT2D eigenvalue weighted by Crippen LogP contribution is -2.28. The molecule has 0 atom stereocenters. The molecule has 3 aromatic carbocycles. The number of ether oxygens (including phenoxy) is 3. The number of aryl methyl sites for hydroxylation is 1. The number of para-hydroxylation sites is 3. The van der Waals surface area contributed by atoms with Crippen molar-refractivity contribution in [3.05, 3.63) is 83.7 Å². The second-order valence-corrected chi connectivity index (χ2v) is 9.88. The lowest BCUT2D eigenvalue weighted by Gasteiger charge is -2.14. The number of nitrogens with one attached hydrogen (secondary N) is 1. The highest BCUT2D eigenvalue weighted by Gasteiger charge is 2.13. The summed E-state index contributed by atoms with van der Waals surface area (Å²) in [4.78, 5) is 17.5. The number of unbranched alkanes of at least 4 members (excludes halogenated alkanes) is 1. The molecule has 4 rings (SSSR count). The largest absolute Gasteiger partial charge is 0.493 e. The van der Waals surface area contributed by atoms with Gasteiger partial charge < -0.3 is 24.1 Å². The van der Waals surface area contributed by atoms with Gasteiger partial charge in [0.15, 0.2) is 11.5 Å². The highest BCUT2D eigenvalue weighted by Crippen LogP contribution is 2.28. The standard InChI is InChI=1S/C32H39N3O4/c1-23(2)25-11-5-8-14-28(25)39-20-10-9-19-35-27-13-7-6-12-26(27)34-31(35)17-18-33-32(36)22-24-15-16-29(37-3)30(21-24)38-4/h5-8,11-16,21,23H,9-10,17-20,22H2,1-4H3,(H,33,36). The van der Waals surface area contributed by atoms with E-state index in [-0.39, 0.29) is 12.3 Å². The molecule has 7 heteroatoms. The molecule has 0 unspecified atom stereocenters. The Balaban J connectivity index is 1.31. The van der Waals surface area contributed by atoms with Gasteiger partial charge in [0.2, 0.25) is 5.91 Å². The van der Waals surface area contributed by atoms with Crippen molar-refractivity contribution in [1.29, 1.82) is 0 Å². The number of methoxy groups -OCH3 is 2. The highest BCUT2D eigenvalue weighted by atomic mass is 16.5. The lowest BCUT2D eigenvalue weighted by atomic mass is 10.0. The van der Waals surface area contributed by atoms with Crippen molar-refractivity contribution in [2.24, 2.45) is 0 Å². The maximum atomic E-state index is 12.6. The molecular weight excluding hydrogens is 490 g/mol. The summed E-state index contributed by atoms with van der Waals surface area (Å²) in [6.07, 6.45) is 2.85. The molecule has 1 heterocycles. The van der Waals surface area contributed by atoms with E-state index in [0.717, 1.165) is 47.6 Å². The first kappa shape index (κ1) is 28.0. The van der Waals surface area contributed by atoms with Crippen LogP contribution in [0.5, 0.6) is 17.2 Å². The van der Waals surface area contributed by atoms with E-state index in [0.29, 0.717) is 37.0 Å². The number of imidazole rings is 1. The van der Waals surface area contributed by atoms with Gasteiger partial charge in [-0.1, -0.05) is 50.2 Å². The Bertz CT molecular complexity index is 1380. The number of carbonyl (C=O) groups is 1. The second-order valence-electron chi connectivity index (χ2n) is 9.88. The van der Waals surface area contributed by atoms with Crippen molar-refractivity contribution in [3.8, 4) is 17.2 Å². The van der Waals surface area contributed by atoms with Gasteiger partial charge in [-0.3, -0.25) is 4.79 Å². The van der Waals surface area contributed by atoms with E-state index in [2.05, 4.69) is 48.0 Å². The molecule has 0 saturated heterocycles. The number of fused-ring (bicyclic) bond motifs is 1. The number of hydrogen-bond donors (Lipinski definition) is 1. The van der Waals surface area contributed by atoms with Crippen molar-refractivity contribution >= 4 is 16.9 Å². The minimum Gasteiger partial charge on any atom is -0.493 e. The van der Waals surface area contributed by atoms with Crippen molar-refractivity contribution in [1.82, 2.24) is 14.9 Å². The molecule has 0 radical (unpaired) electrons. The van der Waals surface area contributed by atoms with Crippen LogP contribution in [-0.2, 0) is 24.2 Å². The van der Waals surface area contributed by atoms with Crippen LogP contribution in [0.1, 0.15) is 49.6 Å². The molecular formula is C32H39N3O4. The highest BCUT2D eigenvalue weighted by molar-refractivity contribution is 5.79. The molecule has 0 aliphatic heterocycles. The summed E-state index contributed by atoms with van der Waals surface area (Å²) in [5, 5.41) is 3.04. The van der Waals surface area contributed by atoms with Crippen LogP contribution in [0.2, 0.25) is 0 Å². The van der Waals surface area contributed by atoms with Crippen LogP contribution in [0, 0.1) is 0 Å². The third-order valence-electron chi connectivity index (χ3n) is 6.79. The Morgan fingerprint density at radius 2 is 1.69 bits per heavy atom. The first-order valence-electron chi connectivity index (χ1n) is 13.6. The number of amides is 1. The molecule has 4 aromatic rings. The van der Waals surface area contributed by atoms with Gasteiger partial charge in [0, 0.05) is 19.5 Å². The third kappa shape index (κ3) is 7.31. The summed E-state index contributed by atoms with van der Waals surface area (Å²) in [6, 6.07) is 22.0. The number of benzene rings is 3. The van der Waals surface area contributed by atoms with Gasteiger partial charge in [-0.05, 0) is 60.2 Å². The Morgan fingerprint density at radius 1 is 0.923 bits per heavy atom. The van der Waals surface area contributed by atoms with Gasteiger partial charge in [0.25, 0.3) is 0 Å². The number of rotatable bonds is 14. The number of aromatic nitrogens is 2. The third-order valence-corrected chi connectivity index (χ3v) is 6.79. The topological polar surface area (TPSA) is 74.6 Å². The van der Waals surface area contributed by atoms with E-state index in [1.165, 1.54) is 5.56 Å². The molecule has 0 bridgehead atoms. The molecule has 206 valence electrons. The van der Waals surface area contributed by atoms with Crippen LogP contribution in [0.4, 0.5) is 0 Å². The number of nitrogens with zero attached hydrogens (tertiary/aromatic N) is 2. The molecule has 1 aromatic heterocycles. The van der Waals surface area contributed by atoms with E-state index >= 15 is 0 Å². The Hall–Kier alpha value is -4.00. The van der Waals surface area contributed by atoms with Gasteiger partial charge in [-0.15, -0.1) is 0 Å². The zero-order valence-electron chi connectivity index (χ0n) is 23.4. The molecule has 39 heavy (non-hydrogen) atoms. The van der Waals surface area contributed by atoms with Crippen molar-refractivity contribution in [2.75, 3.05) is 27.4 Å². The number of hydrogen-bond acceptors (Lipinski definition) is 5. The summed E-state index contributed by atoms with van der Waals surface area (Å²) >= 11 is 0. The van der Waals surface area contributed by atoms with Crippen molar-refractivity contribution in [2.45, 2.75) is 52.0 Å². The Labute approximate surface area is 231 Å². The van der Waals surface area contributed by atoms with E-state index in [1.54, 1.807) is 14.2 Å². The molecule has 0 spiro atoms. The predicted octanol–water partition coefficient (Wildman–Crippen LogP) is 5.94. The Kier molecular flexibility index (Phi) is 9.84. The van der Waals surface area contributed by atoms with E-state index in [1.807, 2.05) is 42.5 Å². The van der Waals surface area contributed by atoms with Crippen LogP contribution in [0.3, 0.4) is 0 Å². The van der Waals surface area contributed by atoms with Gasteiger partial charge in [-0.25, -0.2) is 4.98 Å². The lowest BCUT2D eigenvalue weighted by molar-refractivity contribution is -0.120. The van der Waals surface area contributed by atoms with Gasteiger partial charge in [0.05, 0.1) is 38.3 Å². The fourth-order valence-electron chi connectivity index (χ4n) is 4.76. The zero-order chi connectivity index (χ0) is 27.6. The van der Waals surface area contributed by atoms with Gasteiger partial charge in [-0.2, -0.15) is 0 Å². The molecule has 1 N–H and O–H groups in total. The monoisotopic (exact) mass is 529 g/mol. The molecule has 0 aliphatic rings. The zero-order valence-corrected chi connectivity index (χ0v) is 23.4. The maximum Gasteiger partial charge on any atom is 0.224 e. The summed E-state index contributed by atoms with van der Waals surface area (Å²) in [7, 11) is 3.19. The fourth-order valence-corrected chi connectivity index (χ4v) is 4.76. The normalized spacial score (nSPS) is 11.1. The van der Waals surface area contributed by atoms with E-state index in [4.69, 9.17) is 19.2 Å². The van der Waals surface area contributed by atoms with Crippen molar-refractivity contribution < 1.29 is 19.0 Å². The minimum atomic E-state index is -0.0382. The smallest absolute Gasteiger partial charge is 0.224 e. The molecule has 0 fully saturated rings. The molecule has 7 nitrogen and oxygen atoms in total. The van der Waals surface area contributed by atoms with E-state index in [9.17, 15) is 4.79 Å². The second kappa shape index (κ2) is 13.7. The van der Waals surface area contributed by atoms with Crippen molar-refractivity contribution in [3.63, 3.8) is 0 Å². The summed E-state index contributed by atoms with van der Waals surface area (Å²) < 4.78 is 19.0. The average molecular weight is 530 g/mol. The summed E-state index contributed by atoms with van der Waals surface area (Å²) in [5.74, 6) is 3.61. The molecule has 0 saturated carbocycles. The van der Waals surface area contributed by atoms with Crippen LogP contribution in [-0.4, -0.2) is 42.8 Å². The minimum absolute atomic E-state index is 0.0382. The molecule has 1 amide bonds. The first-order valence-corrected chi connectivity index (χ1v) is 13.6. The average Bonchev–Trinajstić information content (AvgIpc) is 3.30. The van der Waals surface area contributed by atoms with Gasteiger partial charge >= 0.3 is 0 Å². The number of carbonyl (C=O) groups excluding carboxylic acids is 1. The van der Waals surface area contributed by atoms with Crippen LogP contribution < -0.4 is 19.5 Å². The molecule has 0 aliphatic carbocycles. The quantitative estimate of drug-likeness (QED) is 0.205. The summed E-state index contributed by atoms with van der Waals surface area (Å²) in [6.45, 7) is 6.42.